The average molecular weight is 502 g/mol. The van der Waals surface area contributed by atoms with Crippen LogP contribution in [0.1, 0.15) is 35.2 Å². The van der Waals surface area contributed by atoms with Gasteiger partial charge in [-0.05, 0) is 19.3 Å². The highest BCUT2D eigenvalue weighted by Crippen LogP contribution is 2.27. The predicted molar refractivity (Wildman–Crippen MR) is 134 cm³/mol. The smallest absolute Gasteiger partial charge is 0.295 e. The van der Waals surface area contributed by atoms with Gasteiger partial charge in [0.25, 0.3) is 17.5 Å². The Labute approximate surface area is 212 Å². The first kappa shape index (κ1) is 23.2. The number of nitrogens with one attached hydrogen (secondary N) is 2. The molecule has 2 fully saturated rings. The topological polar surface area (TPSA) is 111 Å². The summed E-state index contributed by atoms with van der Waals surface area (Å²) >= 11 is 0. The maximum Gasteiger partial charge on any atom is 0.295 e. The molecule has 2 aromatic heterocycles. The summed E-state index contributed by atoms with van der Waals surface area (Å²) in [6.07, 6.45) is 8.94. The first-order valence-corrected chi connectivity index (χ1v) is 12.4. The van der Waals surface area contributed by atoms with Crippen LogP contribution in [0.4, 0.5) is 10.2 Å². The highest BCUT2D eigenvalue weighted by Gasteiger charge is 2.32. The number of amides is 1. The van der Waals surface area contributed by atoms with Crippen LogP contribution in [0.25, 0.3) is 10.9 Å². The Morgan fingerprint density at radius 1 is 1.08 bits per heavy atom. The van der Waals surface area contributed by atoms with Gasteiger partial charge < -0.3 is 14.8 Å². The van der Waals surface area contributed by atoms with Gasteiger partial charge in [-0.25, -0.2) is 4.39 Å². The number of quaternary nitrogens is 1. The van der Waals surface area contributed by atoms with E-state index in [1.165, 1.54) is 23.7 Å². The van der Waals surface area contributed by atoms with Crippen LogP contribution in [0, 0.1) is 5.82 Å². The molecule has 10 nitrogen and oxygen atoms in total. The fourth-order valence-electron chi connectivity index (χ4n) is 4.84. The zero-order valence-corrected chi connectivity index (χ0v) is 20.1. The second-order valence-electron chi connectivity index (χ2n) is 9.34. The number of carbonyl (C=O) groups is 2. The van der Waals surface area contributed by atoms with Gasteiger partial charge in [0, 0.05) is 43.2 Å². The number of pyridine rings is 1. The highest BCUT2D eigenvalue weighted by atomic mass is 19.1. The molecule has 1 aromatic carbocycles. The first-order chi connectivity index (χ1) is 18.1. The number of halogens is 1. The molecule has 2 N–H and O–H groups in total. The third-order valence-electron chi connectivity index (χ3n) is 7.09. The van der Waals surface area contributed by atoms with Crippen molar-refractivity contribution in [1.82, 2.24) is 19.8 Å². The van der Waals surface area contributed by atoms with Gasteiger partial charge in [-0.3, -0.25) is 14.6 Å². The van der Waals surface area contributed by atoms with Gasteiger partial charge in [0.2, 0.25) is 0 Å². The van der Waals surface area contributed by atoms with Crippen LogP contribution < -0.4 is 5.01 Å². The second-order valence-corrected chi connectivity index (χ2v) is 9.34. The number of ketones is 1. The van der Waals surface area contributed by atoms with Crippen molar-refractivity contribution in [2.75, 3.05) is 26.2 Å². The molecule has 0 spiro atoms. The molecule has 4 heterocycles. The summed E-state index contributed by atoms with van der Waals surface area (Å²) in [4.78, 5) is 42.2. The number of nitrogens with zero attached hydrogens (tertiary/aromatic N) is 6. The Balaban J connectivity index is 1.19. The van der Waals surface area contributed by atoms with Crippen molar-refractivity contribution >= 4 is 34.2 Å². The standard InChI is InChI=1S/C26H25FN8O2/c27-20-16-29-25(35-10-9-30-32-35)22-21(20)19(15-28-22)23(36)26(37)34-13-11-33(12-14-34)24(31-18-7-4-8-18)17-5-2-1-3-6-17/h1-3,5-6,9-10,15-16,18,28H,4,7-8,11-14H2/p+1. The van der Waals surface area contributed by atoms with E-state index in [-0.39, 0.29) is 10.9 Å². The maximum atomic E-state index is 14.8. The number of Topliss-reactive ketones (excluding diaryl/α,β-unsaturated/α-hetero) is 1. The monoisotopic (exact) mass is 501 g/mol. The molecule has 1 aliphatic carbocycles. The molecule has 1 amide bonds. The first-order valence-electron chi connectivity index (χ1n) is 12.4. The van der Waals surface area contributed by atoms with Crippen molar-refractivity contribution < 1.29 is 19.0 Å². The molecule has 0 bridgehead atoms. The molecule has 1 saturated carbocycles. The number of rotatable bonds is 5. The number of amidine groups is 1. The van der Waals surface area contributed by atoms with Crippen molar-refractivity contribution in [3.63, 3.8) is 0 Å². The third-order valence-corrected chi connectivity index (χ3v) is 7.09. The van der Waals surface area contributed by atoms with Crippen LogP contribution in [0.5, 0.6) is 0 Å². The molecule has 188 valence electrons. The van der Waals surface area contributed by atoms with E-state index < -0.39 is 17.5 Å². The fraction of sp³-hybridized carbons (Fsp3) is 0.308. The number of fused-ring (bicyclic) bond motifs is 1. The van der Waals surface area contributed by atoms with Crippen molar-refractivity contribution in [3.05, 3.63) is 72.1 Å². The van der Waals surface area contributed by atoms with E-state index in [4.69, 9.17) is 4.99 Å². The van der Waals surface area contributed by atoms with E-state index in [1.54, 1.807) is 6.20 Å². The van der Waals surface area contributed by atoms with Gasteiger partial charge in [-0.15, -0.1) is 10.1 Å². The van der Waals surface area contributed by atoms with Gasteiger partial charge in [0.1, 0.15) is 23.8 Å². The zero-order valence-electron chi connectivity index (χ0n) is 20.1. The summed E-state index contributed by atoms with van der Waals surface area (Å²) in [7, 11) is 0. The predicted octanol–water partition coefficient (Wildman–Crippen LogP) is 2.40. The summed E-state index contributed by atoms with van der Waals surface area (Å²) in [5, 5.41) is 8.23. The molecule has 2 aliphatic heterocycles. The fourth-order valence-corrected chi connectivity index (χ4v) is 4.84. The van der Waals surface area contributed by atoms with Gasteiger partial charge in [0.05, 0.1) is 23.2 Å². The Bertz CT molecular complexity index is 1420. The van der Waals surface area contributed by atoms with E-state index >= 15 is 0 Å². The molecule has 1 unspecified atom stereocenters. The highest BCUT2D eigenvalue weighted by molar-refractivity contribution is 6.45. The van der Waals surface area contributed by atoms with Gasteiger partial charge in [-0.1, -0.05) is 30.3 Å². The van der Waals surface area contributed by atoms with Crippen LogP contribution in [0.15, 0.2) is 70.5 Å². The lowest BCUT2D eigenvalue weighted by Crippen LogP contribution is -2.96. The van der Waals surface area contributed by atoms with Crippen LogP contribution >= 0.6 is 0 Å². The molecule has 3 aliphatic rings. The summed E-state index contributed by atoms with van der Waals surface area (Å²) in [6, 6.07) is 10.4. The van der Waals surface area contributed by atoms with E-state index in [1.807, 2.05) is 30.3 Å². The summed E-state index contributed by atoms with van der Waals surface area (Å²) in [5.74, 6) is -0.772. The van der Waals surface area contributed by atoms with Crippen LogP contribution in [-0.2, 0) is 4.79 Å². The van der Waals surface area contributed by atoms with E-state index in [0.29, 0.717) is 48.6 Å². The van der Waals surface area contributed by atoms with Crippen molar-refractivity contribution in [1.29, 1.82) is 0 Å². The number of aliphatic imine (C=N–C) groups is 1. The van der Waals surface area contributed by atoms with Gasteiger partial charge in [-0.2, -0.15) is 4.98 Å². The average Bonchev–Trinajstić information content (AvgIpc) is 3.60. The molecular weight excluding hydrogens is 475 g/mol. The maximum absolute atomic E-state index is 14.8. The van der Waals surface area contributed by atoms with Crippen molar-refractivity contribution in [2.24, 2.45) is 15.3 Å². The number of H-pyrrole nitrogens is 1. The number of benzene rings is 1. The largest absolute Gasteiger partial charge is 0.354 e. The van der Waals surface area contributed by atoms with Crippen LogP contribution in [0.2, 0.25) is 0 Å². The Morgan fingerprint density at radius 3 is 2.51 bits per heavy atom. The molecule has 0 radical (unpaired) electrons. The summed E-state index contributed by atoms with van der Waals surface area (Å²) in [6.45, 7) is 1.88. The third kappa shape index (κ3) is 4.31. The Hall–Kier alpha value is -4.25. The Morgan fingerprint density at radius 2 is 1.84 bits per heavy atom. The number of aromatic nitrogens is 2. The lowest BCUT2D eigenvalue weighted by atomic mass is 9.93. The summed E-state index contributed by atoms with van der Waals surface area (Å²) in [5.41, 5.74) is 1.35. The lowest BCUT2D eigenvalue weighted by molar-refractivity contribution is -0.785. The normalized spacial score (nSPS) is 20.0. The number of aromatic amines is 1. The number of hydrogen-bond donors (Lipinski definition) is 2. The number of carbonyl (C=O) groups excluding carboxylic acids is 2. The van der Waals surface area contributed by atoms with Crippen molar-refractivity contribution in [3.8, 4) is 0 Å². The van der Waals surface area contributed by atoms with E-state index in [9.17, 15) is 14.0 Å². The van der Waals surface area contributed by atoms with E-state index in [2.05, 4.69) is 25.2 Å². The molecular formula is C26H26FN8O2+. The SMILES string of the molecule is O=C(C(=O)N1CCN(C(=NC2CCC2)c2ccccc2)CC1)c1c[nH]c2c([NH+]3C=CN=N3)ncc(F)c12. The molecule has 1 atom stereocenters. The molecule has 3 aromatic rings. The molecule has 6 rings (SSSR count). The molecule has 11 heteroatoms. The van der Waals surface area contributed by atoms with E-state index in [0.717, 1.165) is 30.4 Å². The quantitative estimate of drug-likeness (QED) is 0.242. The molecule has 37 heavy (non-hydrogen) atoms. The minimum Gasteiger partial charge on any atom is -0.354 e. The van der Waals surface area contributed by atoms with Crippen LogP contribution in [0.3, 0.4) is 0 Å². The van der Waals surface area contributed by atoms with Gasteiger partial charge >= 0.3 is 0 Å². The lowest BCUT2D eigenvalue weighted by Gasteiger charge is -2.37. The number of piperazine rings is 1. The summed E-state index contributed by atoms with van der Waals surface area (Å²) < 4.78 is 14.8. The Kier molecular flexibility index (Phi) is 6.05. The minimum atomic E-state index is -0.754. The van der Waals surface area contributed by atoms with Crippen molar-refractivity contribution in [2.45, 2.75) is 25.3 Å². The second kappa shape index (κ2) is 9.66. The molecule has 1 saturated heterocycles. The number of hydrogen-bond acceptors (Lipinski definition) is 6. The van der Waals surface area contributed by atoms with Crippen LogP contribution in [-0.4, -0.2) is 69.5 Å². The zero-order chi connectivity index (χ0) is 25.4. The minimum absolute atomic E-state index is 0.0142. The van der Waals surface area contributed by atoms with Gasteiger partial charge in [0.15, 0.2) is 5.82 Å².